The third-order valence-electron chi connectivity index (χ3n) is 3.20. The van der Waals surface area contributed by atoms with E-state index < -0.39 is 0 Å². The first-order chi connectivity index (χ1) is 9.90. The van der Waals surface area contributed by atoms with Crippen LogP contribution in [0.3, 0.4) is 0 Å². The lowest BCUT2D eigenvalue weighted by molar-refractivity contribution is 0.0684. The number of amides is 1. The summed E-state index contributed by atoms with van der Waals surface area (Å²) >= 11 is 1.45. The van der Waals surface area contributed by atoms with Crippen molar-refractivity contribution in [2.24, 2.45) is 5.73 Å². The molecule has 0 aliphatic carbocycles. The van der Waals surface area contributed by atoms with Gasteiger partial charge in [-0.2, -0.15) is 0 Å². The highest BCUT2D eigenvalue weighted by Gasteiger charge is 2.22. The number of rotatable bonds is 5. The molecule has 0 saturated carbocycles. The molecule has 21 heavy (non-hydrogen) atoms. The molecule has 1 heterocycles. The fraction of sp³-hybridized carbons (Fsp3) is 0.562. The van der Waals surface area contributed by atoms with Crippen molar-refractivity contribution in [2.75, 3.05) is 33.7 Å². The molecule has 0 radical (unpaired) electrons. The lowest BCUT2D eigenvalue weighted by Crippen LogP contribution is -2.43. The van der Waals surface area contributed by atoms with Crippen molar-refractivity contribution >= 4 is 17.2 Å². The Balaban J connectivity index is 2.95. The maximum Gasteiger partial charge on any atom is 0.264 e. The Morgan fingerprint density at radius 1 is 1.48 bits per heavy atom. The zero-order valence-corrected chi connectivity index (χ0v) is 14.4. The molecule has 116 valence electrons. The zero-order chi connectivity index (χ0) is 16.0. The molecule has 0 saturated heterocycles. The quantitative estimate of drug-likeness (QED) is 0.844. The lowest BCUT2D eigenvalue weighted by atomic mass is 10.2. The Morgan fingerprint density at radius 2 is 2.14 bits per heavy atom. The molecule has 0 aliphatic rings. The number of hydrogen-bond donors (Lipinski definition) is 1. The van der Waals surface area contributed by atoms with Crippen LogP contribution in [0.15, 0.2) is 6.07 Å². The largest absolute Gasteiger partial charge is 0.334 e. The second-order valence-electron chi connectivity index (χ2n) is 5.33. The summed E-state index contributed by atoms with van der Waals surface area (Å²) < 4.78 is 0. The molecule has 0 fully saturated rings. The summed E-state index contributed by atoms with van der Waals surface area (Å²) in [7, 11) is 4.04. The van der Waals surface area contributed by atoms with Crippen LogP contribution in [0.1, 0.15) is 34.0 Å². The van der Waals surface area contributed by atoms with E-state index in [9.17, 15) is 4.79 Å². The summed E-state index contributed by atoms with van der Waals surface area (Å²) in [6, 6.07) is 2.11. The Labute approximate surface area is 131 Å². The Bertz CT molecular complexity index is 539. The normalized spacial score (nSPS) is 12.0. The van der Waals surface area contributed by atoms with Gasteiger partial charge < -0.3 is 15.5 Å². The molecule has 1 amide bonds. The van der Waals surface area contributed by atoms with Crippen LogP contribution in [0.25, 0.3) is 0 Å². The van der Waals surface area contributed by atoms with Gasteiger partial charge in [0.15, 0.2) is 0 Å². The van der Waals surface area contributed by atoms with Gasteiger partial charge in [-0.1, -0.05) is 11.8 Å². The first kappa shape index (κ1) is 17.7. The van der Waals surface area contributed by atoms with Crippen molar-refractivity contribution in [3.05, 3.63) is 21.4 Å². The molecular weight excluding hydrogens is 282 g/mol. The average Bonchev–Trinajstić information content (AvgIpc) is 2.77. The summed E-state index contributed by atoms with van der Waals surface area (Å²) in [5.74, 6) is 5.96. The molecular formula is C16H25N3OS. The van der Waals surface area contributed by atoms with Gasteiger partial charge in [-0.25, -0.2) is 0 Å². The van der Waals surface area contributed by atoms with Crippen molar-refractivity contribution in [1.82, 2.24) is 9.80 Å². The summed E-state index contributed by atoms with van der Waals surface area (Å²) in [4.78, 5) is 18.4. The van der Waals surface area contributed by atoms with Crippen molar-refractivity contribution in [3.8, 4) is 11.8 Å². The molecule has 1 aromatic heterocycles. The van der Waals surface area contributed by atoms with Gasteiger partial charge >= 0.3 is 0 Å². The van der Waals surface area contributed by atoms with E-state index in [1.807, 2.05) is 38.9 Å². The smallest absolute Gasteiger partial charge is 0.264 e. The topological polar surface area (TPSA) is 49.6 Å². The van der Waals surface area contributed by atoms with E-state index in [0.29, 0.717) is 13.1 Å². The minimum Gasteiger partial charge on any atom is -0.334 e. The highest BCUT2D eigenvalue weighted by molar-refractivity contribution is 7.14. The van der Waals surface area contributed by atoms with Crippen LogP contribution in [0, 0.1) is 18.8 Å². The third-order valence-corrected chi connectivity index (χ3v) is 4.34. The predicted octanol–water partition coefficient (Wildman–Crippen LogP) is 1.78. The molecule has 0 aromatic carbocycles. The predicted molar refractivity (Wildman–Crippen MR) is 89.7 cm³/mol. The monoisotopic (exact) mass is 307 g/mol. The standard InChI is InChI=1S/C16H25N3OS/c1-6-19(13(3)11-18(4)5)16(20)15-10-12(2)14(21-15)8-7-9-17/h10,13H,6,9,11,17H2,1-5H3. The molecule has 1 unspecified atom stereocenters. The number of hydrogen-bond acceptors (Lipinski definition) is 4. The van der Waals surface area contributed by atoms with Crippen molar-refractivity contribution in [1.29, 1.82) is 0 Å². The van der Waals surface area contributed by atoms with Crippen LogP contribution >= 0.6 is 11.3 Å². The van der Waals surface area contributed by atoms with E-state index >= 15 is 0 Å². The molecule has 0 aliphatic heterocycles. The molecule has 0 bridgehead atoms. The fourth-order valence-electron chi connectivity index (χ4n) is 2.27. The van der Waals surface area contributed by atoms with E-state index in [1.165, 1.54) is 11.3 Å². The summed E-state index contributed by atoms with van der Waals surface area (Å²) in [6.07, 6.45) is 0. The van der Waals surface area contributed by atoms with Gasteiger partial charge in [0.2, 0.25) is 0 Å². The molecule has 1 atom stereocenters. The molecule has 0 spiro atoms. The zero-order valence-electron chi connectivity index (χ0n) is 13.6. The molecule has 4 nitrogen and oxygen atoms in total. The van der Waals surface area contributed by atoms with Crippen LogP contribution in [-0.4, -0.2) is 55.5 Å². The first-order valence-electron chi connectivity index (χ1n) is 7.15. The first-order valence-corrected chi connectivity index (χ1v) is 7.97. The second-order valence-corrected chi connectivity index (χ2v) is 6.38. The van der Waals surface area contributed by atoms with Gasteiger partial charge in [-0.3, -0.25) is 4.79 Å². The number of aryl methyl sites for hydroxylation is 1. The maximum atomic E-state index is 12.7. The molecule has 5 heteroatoms. The molecule has 1 aromatic rings. The summed E-state index contributed by atoms with van der Waals surface area (Å²) in [6.45, 7) is 7.96. The Hall–Kier alpha value is -1.35. The van der Waals surface area contributed by atoms with Crippen LogP contribution in [0.5, 0.6) is 0 Å². The van der Waals surface area contributed by atoms with Crippen molar-refractivity contribution in [2.45, 2.75) is 26.8 Å². The number of nitrogens with two attached hydrogens (primary N) is 1. The van der Waals surface area contributed by atoms with E-state index in [2.05, 4.69) is 23.7 Å². The van der Waals surface area contributed by atoms with Gasteiger partial charge in [-0.05, 0) is 46.5 Å². The SMILES string of the molecule is CCN(C(=O)c1cc(C)c(C#CCN)s1)C(C)CN(C)C. The van der Waals surface area contributed by atoms with Crippen LogP contribution in [0.4, 0.5) is 0 Å². The Morgan fingerprint density at radius 3 is 2.67 bits per heavy atom. The maximum absolute atomic E-state index is 12.7. The number of thiophene rings is 1. The number of carbonyl (C=O) groups is 1. The van der Waals surface area contributed by atoms with Crippen molar-refractivity contribution in [3.63, 3.8) is 0 Å². The fourth-order valence-corrected chi connectivity index (χ4v) is 3.27. The van der Waals surface area contributed by atoms with Crippen LogP contribution < -0.4 is 5.73 Å². The minimum absolute atomic E-state index is 0.0840. The minimum atomic E-state index is 0.0840. The third kappa shape index (κ3) is 4.85. The Kier molecular flexibility index (Phi) is 6.90. The summed E-state index contributed by atoms with van der Waals surface area (Å²) in [5.41, 5.74) is 6.44. The number of carbonyl (C=O) groups excluding carboxylic acids is 1. The van der Waals surface area contributed by atoms with E-state index in [4.69, 9.17) is 5.73 Å². The van der Waals surface area contributed by atoms with Gasteiger partial charge in [-0.15, -0.1) is 11.3 Å². The van der Waals surface area contributed by atoms with Crippen LogP contribution in [0.2, 0.25) is 0 Å². The number of nitrogens with zero attached hydrogens (tertiary/aromatic N) is 2. The van der Waals surface area contributed by atoms with Gasteiger partial charge in [0, 0.05) is 19.1 Å². The van der Waals surface area contributed by atoms with Crippen molar-refractivity contribution < 1.29 is 4.79 Å². The van der Waals surface area contributed by atoms with Crippen LogP contribution in [-0.2, 0) is 0 Å². The highest BCUT2D eigenvalue weighted by Crippen LogP contribution is 2.23. The highest BCUT2D eigenvalue weighted by atomic mass is 32.1. The number of likely N-dealkylation sites (N-methyl/N-ethyl adjacent to an activating group) is 2. The van der Waals surface area contributed by atoms with E-state index in [0.717, 1.165) is 21.9 Å². The lowest BCUT2D eigenvalue weighted by Gasteiger charge is -2.29. The molecule has 2 N–H and O–H groups in total. The van der Waals surface area contributed by atoms with Gasteiger partial charge in [0.25, 0.3) is 5.91 Å². The van der Waals surface area contributed by atoms with Gasteiger partial charge in [0.1, 0.15) is 0 Å². The van der Waals surface area contributed by atoms with E-state index in [-0.39, 0.29) is 11.9 Å². The molecule has 1 rings (SSSR count). The average molecular weight is 307 g/mol. The second kappa shape index (κ2) is 8.18. The summed E-state index contributed by atoms with van der Waals surface area (Å²) in [5, 5.41) is 0. The van der Waals surface area contributed by atoms with Gasteiger partial charge in [0.05, 0.1) is 16.3 Å². The van der Waals surface area contributed by atoms with E-state index in [1.54, 1.807) is 0 Å².